The number of aromatic nitrogens is 2. The predicted molar refractivity (Wildman–Crippen MR) is 92.7 cm³/mol. The summed E-state index contributed by atoms with van der Waals surface area (Å²) in [6.07, 6.45) is 1.99. The molecule has 1 aliphatic rings. The maximum atomic E-state index is 11.8. The Bertz CT molecular complexity index is 844. The molecular weight excluding hydrogens is 355 g/mol. The summed E-state index contributed by atoms with van der Waals surface area (Å²) in [4.78, 5) is 29.9. The van der Waals surface area contributed by atoms with Gasteiger partial charge in [-0.15, -0.1) is 0 Å². The van der Waals surface area contributed by atoms with Crippen LogP contribution in [-0.4, -0.2) is 41.2 Å². The summed E-state index contributed by atoms with van der Waals surface area (Å²) in [5, 5.41) is 10.2. The molecule has 2 heterocycles. The van der Waals surface area contributed by atoms with Crippen molar-refractivity contribution in [2.45, 2.75) is 26.4 Å². The number of aryl methyl sites for hydroxylation is 1. The first-order chi connectivity index (χ1) is 13.0. The van der Waals surface area contributed by atoms with Gasteiger partial charge >= 0.3 is 13.1 Å². The molecule has 1 atom stereocenters. The van der Waals surface area contributed by atoms with Gasteiger partial charge in [0.05, 0.1) is 31.5 Å². The van der Waals surface area contributed by atoms with Crippen molar-refractivity contribution >= 4 is 25.0 Å². The van der Waals surface area contributed by atoms with Gasteiger partial charge in [-0.3, -0.25) is 9.59 Å². The highest BCUT2D eigenvalue weighted by atomic mass is 16.5. The predicted octanol–water partition coefficient (Wildman–Crippen LogP) is 0.825. The number of rotatable bonds is 7. The zero-order chi connectivity index (χ0) is 19.4. The number of hydrogen-bond acceptors (Lipinski definition) is 9. The molecule has 0 radical (unpaired) electrons. The van der Waals surface area contributed by atoms with Crippen molar-refractivity contribution in [1.82, 2.24) is 9.97 Å². The topological polar surface area (TPSA) is 117 Å². The van der Waals surface area contributed by atoms with Gasteiger partial charge in [0, 0.05) is 0 Å². The van der Waals surface area contributed by atoms with E-state index in [0.29, 0.717) is 11.2 Å². The highest BCUT2D eigenvalue weighted by Crippen LogP contribution is 2.33. The maximum Gasteiger partial charge on any atom is 0.492 e. The molecule has 10 heteroatoms. The van der Waals surface area contributed by atoms with Gasteiger partial charge in [-0.1, -0.05) is 0 Å². The molecule has 1 aromatic carbocycles. The lowest BCUT2D eigenvalue weighted by Crippen LogP contribution is -2.28. The van der Waals surface area contributed by atoms with E-state index >= 15 is 0 Å². The summed E-state index contributed by atoms with van der Waals surface area (Å²) >= 11 is 0. The first-order valence-electron chi connectivity index (χ1n) is 8.25. The van der Waals surface area contributed by atoms with E-state index in [1.165, 1.54) is 12.4 Å². The van der Waals surface area contributed by atoms with Gasteiger partial charge in [-0.05, 0) is 42.6 Å². The Labute approximate surface area is 155 Å². The molecule has 3 rings (SSSR count). The molecule has 2 aromatic rings. The first kappa shape index (κ1) is 18.8. The van der Waals surface area contributed by atoms with E-state index in [0.717, 1.165) is 11.1 Å². The molecular formula is C17H17BN2O7. The molecule has 1 unspecified atom stereocenters. The van der Waals surface area contributed by atoms with E-state index in [1.807, 2.05) is 6.92 Å². The maximum absolute atomic E-state index is 11.8. The lowest BCUT2D eigenvalue weighted by atomic mass is 9.77. The van der Waals surface area contributed by atoms with Gasteiger partial charge in [0.2, 0.25) is 11.8 Å². The number of carbonyl (C=O) groups excluding carboxylic acids is 2. The molecule has 1 N–H and O–H groups in total. The fourth-order valence-electron chi connectivity index (χ4n) is 2.90. The van der Waals surface area contributed by atoms with E-state index in [-0.39, 0.29) is 31.3 Å². The van der Waals surface area contributed by atoms with Crippen molar-refractivity contribution in [1.29, 1.82) is 0 Å². The fourth-order valence-corrected chi connectivity index (χ4v) is 2.90. The average Bonchev–Trinajstić information content (AvgIpc) is 2.93. The van der Waals surface area contributed by atoms with Gasteiger partial charge in [-0.25, -0.2) is 9.97 Å². The Morgan fingerprint density at radius 3 is 2.74 bits per heavy atom. The van der Waals surface area contributed by atoms with Crippen molar-refractivity contribution in [2.24, 2.45) is 0 Å². The van der Waals surface area contributed by atoms with Crippen LogP contribution in [-0.2, 0) is 19.0 Å². The lowest BCUT2D eigenvalue weighted by molar-refractivity contribution is -0.145. The summed E-state index contributed by atoms with van der Waals surface area (Å²) < 4.78 is 20.7. The van der Waals surface area contributed by atoms with Crippen LogP contribution < -0.4 is 14.9 Å². The molecule has 27 heavy (non-hydrogen) atoms. The molecule has 0 amide bonds. The normalized spacial score (nSPS) is 15.2. The summed E-state index contributed by atoms with van der Waals surface area (Å²) in [7, 11) is -1.17. The van der Waals surface area contributed by atoms with Crippen molar-refractivity contribution in [3.63, 3.8) is 0 Å². The van der Waals surface area contributed by atoms with Crippen LogP contribution in [0.15, 0.2) is 24.5 Å². The third-order valence-electron chi connectivity index (χ3n) is 3.93. The van der Waals surface area contributed by atoms with Gasteiger partial charge < -0.3 is 23.9 Å². The average molecular weight is 372 g/mol. The number of fused-ring (bicyclic) bond motifs is 1. The molecule has 140 valence electrons. The summed E-state index contributed by atoms with van der Waals surface area (Å²) in [6.45, 7) is 4.09. The first-order valence-corrected chi connectivity index (χ1v) is 8.25. The second kappa shape index (κ2) is 8.15. The van der Waals surface area contributed by atoms with Crippen LogP contribution >= 0.6 is 0 Å². The molecule has 0 bridgehead atoms. The largest absolute Gasteiger partial charge is 0.492 e. The van der Waals surface area contributed by atoms with Gasteiger partial charge in [0.15, 0.2) is 0 Å². The molecule has 0 saturated heterocycles. The second-order valence-electron chi connectivity index (χ2n) is 5.74. The van der Waals surface area contributed by atoms with Gasteiger partial charge in [0.1, 0.15) is 5.75 Å². The van der Waals surface area contributed by atoms with E-state index < -0.39 is 19.2 Å². The highest BCUT2D eigenvalue weighted by Gasteiger charge is 2.38. The van der Waals surface area contributed by atoms with Crippen molar-refractivity contribution in [3.05, 3.63) is 35.7 Å². The molecule has 0 spiro atoms. The Hall–Kier alpha value is -2.98. The molecule has 9 nitrogen and oxygen atoms in total. The molecule has 1 aromatic heterocycles. The summed E-state index contributed by atoms with van der Waals surface area (Å²) in [6, 6.07) is 3.37. The van der Waals surface area contributed by atoms with Crippen LogP contribution in [0.3, 0.4) is 0 Å². The van der Waals surface area contributed by atoms with E-state index in [4.69, 9.17) is 14.1 Å². The van der Waals surface area contributed by atoms with Gasteiger partial charge in [0.25, 0.3) is 6.47 Å². The van der Waals surface area contributed by atoms with Crippen molar-refractivity contribution in [2.75, 3.05) is 6.61 Å². The van der Waals surface area contributed by atoms with Crippen LogP contribution in [0.1, 0.15) is 30.6 Å². The smallest absolute Gasteiger partial charge is 0.466 e. The van der Waals surface area contributed by atoms with Crippen LogP contribution in [0.5, 0.6) is 17.5 Å². The zero-order valence-electron chi connectivity index (χ0n) is 14.7. The summed E-state index contributed by atoms with van der Waals surface area (Å²) in [5.74, 6) is 0.261. The fraction of sp³-hybridized carbons (Fsp3) is 0.294. The quantitative estimate of drug-likeness (QED) is 0.428. The number of hydrogen-bond donors (Lipinski definition) is 1. The minimum atomic E-state index is -1.17. The lowest BCUT2D eigenvalue weighted by Gasteiger charge is -2.14. The highest BCUT2D eigenvalue weighted by molar-refractivity contribution is 6.62. The standard InChI is InChI=1S/C17H17BN2O7/c1-3-24-16(22)6-13-17-10(2)4-11(5-12(17)18(23)27-13)26-15-8-19-14(7-20-15)25-9-21/h4-5,7-9,13,23H,3,6H2,1-2H3. The van der Waals surface area contributed by atoms with E-state index in [2.05, 4.69) is 14.7 Å². The molecule has 0 aliphatic carbocycles. The molecule has 0 fully saturated rings. The van der Waals surface area contributed by atoms with E-state index in [9.17, 15) is 14.6 Å². The Kier molecular flexibility index (Phi) is 5.67. The molecule has 1 aliphatic heterocycles. The SMILES string of the molecule is CCOC(=O)CC1OB(O)c2cc(Oc3cnc(OC=O)cn3)cc(C)c21. The number of nitrogens with zero attached hydrogens (tertiary/aromatic N) is 2. The van der Waals surface area contributed by atoms with Crippen LogP contribution in [0.4, 0.5) is 0 Å². The Morgan fingerprint density at radius 1 is 1.33 bits per heavy atom. The van der Waals surface area contributed by atoms with Crippen LogP contribution in [0, 0.1) is 6.92 Å². The number of carbonyl (C=O) groups is 2. The Balaban J connectivity index is 1.80. The third kappa shape index (κ3) is 4.23. The third-order valence-corrected chi connectivity index (χ3v) is 3.93. The second-order valence-corrected chi connectivity index (χ2v) is 5.74. The minimum absolute atomic E-state index is 0.0165. The van der Waals surface area contributed by atoms with Crippen molar-refractivity contribution in [3.8, 4) is 17.5 Å². The van der Waals surface area contributed by atoms with Gasteiger partial charge in [-0.2, -0.15) is 0 Å². The zero-order valence-corrected chi connectivity index (χ0v) is 14.7. The van der Waals surface area contributed by atoms with Crippen LogP contribution in [0.2, 0.25) is 0 Å². The van der Waals surface area contributed by atoms with Crippen molar-refractivity contribution < 1.29 is 33.5 Å². The van der Waals surface area contributed by atoms with Crippen LogP contribution in [0.25, 0.3) is 0 Å². The number of benzene rings is 1. The number of esters is 1. The minimum Gasteiger partial charge on any atom is -0.466 e. The summed E-state index contributed by atoms with van der Waals surface area (Å²) in [5.41, 5.74) is 2.05. The molecule has 0 saturated carbocycles. The van der Waals surface area contributed by atoms with E-state index in [1.54, 1.807) is 19.1 Å². The monoisotopic (exact) mass is 372 g/mol. The Morgan fingerprint density at radius 2 is 2.07 bits per heavy atom. The number of ether oxygens (including phenoxy) is 3.